The summed E-state index contributed by atoms with van der Waals surface area (Å²) >= 11 is 3.48. The number of fused-ring (bicyclic) bond motifs is 1. The van der Waals surface area contributed by atoms with Gasteiger partial charge in [-0.25, -0.2) is 9.78 Å². The highest BCUT2D eigenvalue weighted by Crippen LogP contribution is 2.29. The van der Waals surface area contributed by atoms with Crippen LogP contribution in [0.5, 0.6) is 0 Å². The summed E-state index contributed by atoms with van der Waals surface area (Å²) in [6.45, 7) is 3.70. The number of hydrogen-bond donors (Lipinski definition) is 1. The van der Waals surface area contributed by atoms with Crippen LogP contribution in [-0.4, -0.2) is 33.7 Å². The quantitative estimate of drug-likeness (QED) is 0.479. The second-order valence-electron chi connectivity index (χ2n) is 5.51. The number of ether oxygens (including phenoxy) is 1. The molecule has 0 saturated heterocycles. The molecule has 3 rings (SSSR count). The van der Waals surface area contributed by atoms with Crippen molar-refractivity contribution in [3.05, 3.63) is 53.2 Å². The largest absolute Gasteiger partial charge is 0.462 e. The van der Waals surface area contributed by atoms with Crippen molar-refractivity contribution in [3.8, 4) is 0 Å². The van der Waals surface area contributed by atoms with Gasteiger partial charge in [-0.1, -0.05) is 15.9 Å². The van der Waals surface area contributed by atoms with Crippen molar-refractivity contribution in [2.24, 2.45) is 0 Å². The van der Waals surface area contributed by atoms with Gasteiger partial charge in [0.15, 0.2) is 0 Å². The van der Waals surface area contributed by atoms with Gasteiger partial charge in [-0.2, -0.15) is 0 Å². The van der Waals surface area contributed by atoms with Gasteiger partial charge in [-0.05, 0) is 31.5 Å². The Morgan fingerprint density at radius 1 is 1.40 bits per heavy atom. The smallest absolute Gasteiger partial charge is 0.341 e. The van der Waals surface area contributed by atoms with Gasteiger partial charge in [0, 0.05) is 41.5 Å². The fraction of sp³-hybridized carbons (Fsp3) is 0.278. The third-order valence-corrected chi connectivity index (χ3v) is 4.27. The molecule has 25 heavy (non-hydrogen) atoms. The number of hydrogen-bond acceptors (Lipinski definition) is 5. The van der Waals surface area contributed by atoms with Gasteiger partial charge in [0.05, 0.1) is 24.1 Å². The summed E-state index contributed by atoms with van der Waals surface area (Å²) in [5.41, 5.74) is 2.04. The number of carbonyl (C=O) groups is 1. The predicted molar refractivity (Wildman–Crippen MR) is 101 cm³/mol. The molecule has 130 valence electrons. The molecule has 3 aromatic rings. The van der Waals surface area contributed by atoms with Gasteiger partial charge in [0.1, 0.15) is 5.56 Å². The molecular weight excluding hydrogens is 384 g/mol. The first kappa shape index (κ1) is 17.4. The van der Waals surface area contributed by atoms with Crippen LogP contribution in [0, 0.1) is 0 Å². The number of carbonyl (C=O) groups excluding carboxylic acids is 1. The Labute approximate surface area is 154 Å². The molecule has 6 nitrogen and oxygen atoms in total. The molecule has 0 saturated carbocycles. The minimum atomic E-state index is -0.367. The zero-order chi connectivity index (χ0) is 17.6. The van der Waals surface area contributed by atoms with Crippen LogP contribution in [0.4, 0.5) is 5.69 Å². The zero-order valence-corrected chi connectivity index (χ0v) is 15.5. The van der Waals surface area contributed by atoms with Gasteiger partial charge < -0.3 is 14.6 Å². The Bertz CT molecular complexity index is 865. The minimum Gasteiger partial charge on any atom is -0.462 e. The Hall–Kier alpha value is -2.41. The number of rotatable bonds is 7. The molecule has 1 N–H and O–H groups in total. The van der Waals surface area contributed by atoms with E-state index in [1.54, 1.807) is 25.6 Å². The van der Waals surface area contributed by atoms with E-state index >= 15 is 0 Å². The first-order chi connectivity index (χ1) is 12.2. The van der Waals surface area contributed by atoms with Crippen molar-refractivity contribution in [1.82, 2.24) is 14.5 Å². The SMILES string of the molecule is CCOC(=O)c1cnc2ccc(Br)cc2c1NCCCn1ccnc1. The van der Waals surface area contributed by atoms with Crippen molar-refractivity contribution >= 4 is 38.5 Å². The van der Waals surface area contributed by atoms with E-state index in [1.165, 1.54) is 0 Å². The van der Waals surface area contributed by atoms with Crippen LogP contribution in [-0.2, 0) is 11.3 Å². The molecule has 7 heteroatoms. The molecule has 0 amide bonds. The number of halogens is 1. The maximum Gasteiger partial charge on any atom is 0.341 e. The number of esters is 1. The summed E-state index contributed by atoms with van der Waals surface area (Å²) in [5.74, 6) is -0.367. The second-order valence-corrected chi connectivity index (χ2v) is 6.43. The number of pyridine rings is 1. The Morgan fingerprint density at radius 3 is 3.04 bits per heavy atom. The number of aryl methyl sites for hydroxylation is 1. The van der Waals surface area contributed by atoms with E-state index in [2.05, 4.69) is 31.2 Å². The van der Waals surface area contributed by atoms with Gasteiger partial charge in [-0.3, -0.25) is 4.98 Å². The van der Waals surface area contributed by atoms with Crippen LogP contribution in [0.15, 0.2) is 47.6 Å². The van der Waals surface area contributed by atoms with Crippen LogP contribution >= 0.6 is 15.9 Å². The predicted octanol–water partition coefficient (Wildman–Crippen LogP) is 3.87. The summed E-state index contributed by atoms with van der Waals surface area (Å²) in [4.78, 5) is 20.7. The number of nitrogens with zero attached hydrogens (tertiary/aromatic N) is 3. The maximum atomic E-state index is 12.3. The van der Waals surface area contributed by atoms with Crippen molar-refractivity contribution < 1.29 is 9.53 Å². The molecule has 0 bridgehead atoms. The molecule has 2 heterocycles. The highest BCUT2D eigenvalue weighted by Gasteiger charge is 2.16. The minimum absolute atomic E-state index is 0.329. The summed E-state index contributed by atoms with van der Waals surface area (Å²) in [6.07, 6.45) is 7.97. The number of benzene rings is 1. The summed E-state index contributed by atoms with van der Waals surface area (Å²) in [5, 5.41) is 4.28. The first-order valence-corrected chi connectivity index (χ1v) is 8.93. The fourth-order valence-electron chi connectivity index (χ4n) is 2.61. The maximum absolute atomic E-state index is 12.3. The molecule has 0 aliphatic heterocycles. The van der Waals surface area contributed by atoms with Crippen LogP contribution < -0.4 is 5.32 Å². The highest BCUT2D eigenvalue weighted by atomic mass is 79.9. The molecule has 0 aliphatic carbocycles. The molecule has 0 unspecified atom stereocenters. The van der Waals surface area contributed by atoms with Crippen LogP contribution in [0.2, 0.25) is 0 Å². The van der Waals surface area contributed by atoms with Crippen LogP contribution in [0.25, 0.3) is 10.9 Å². The van der Waals surface area contributed by atoms with Gasteiger partial charge in [0.25, 0.3) is 0 Å². The number of aromatic nitrogens is 3. The summed E-state index contributed by atoms with van der Waals surface area (Å²) < 4.78 is 8.13. The highest BCUT2D eigenvalue weighted by molar-refractivity contribution is 9.10. The van der Waals surface area contributed by atoms with E-state index < -0.39 is 0 Å². The summed E-state index contributed by atoms with van der Waals surface area (Å²) in [6, 6.07) is 5.82. The Kier molecular flexibility index (Phi) is 5.65. The monoisotopic (exact) mass is 402 g/mol. The average Bonchev–Trinajstić information content (AvgIpc) is 3.12. The van der Waals surface area contributed by atoms with Crippen LogP contribution in [0.1, 0.15) is 23.7 Å². The van der Waals surface area contributed by atoms with Gasteiger partial charge >= 0.3 is 5.97 Å². The molecule has 0 aliphatic rings. The molecule has 0 atom stereocenters. The van der Waals surface area contributed by atoms with Gasteiger partial charge in [-0.15, -0.1) is 0 Å². The normalized spacial score (nSPS) is 10.8. The van der Waals surface area contributed by atoms with E-state index in [0.717, 1.165) is 40.6 Å². The molecule has 0 fully saturated rings. The third kappa shape index (κ3) is 4.17. The van der Waals surface area contributed by atoms with Crippen molar-refractivity contribution in [2.75, 3.05) is 18.5 Å². The lowest BCUT2D eigenvalue weighted by Gasteiger charge is -2.14. The lowest BCUT2D eigenvalue weighted by molar-refractivity contribution is 0.0527. The Morgan fingerprint density at radius 2 is 2.28 bits per heavy atom. The van der Waals surface area contributed by atoms with Gasteiger partial charge in [0.2, 0.25) is 0 Å². The van der Waals surface area contributed by atoms with E-state index in [-0.39, 0.29) is 5.97 Å². The molecule has 1 aromatic carbocycles. The zero-order valence-electron chi connectivity index (χ0n) is 13.9. The fourth-order valence-corrected chi connectivity index (χ4v) is 2.97. The lowest BCUT2D eigenvalue weighted by Crippen LogP contribution is -2.13. The molecule has 2 aromatic heterocycles. The second kappa shape index (κ2) is 8.11. The average molecular weight is 403 g/mol. The summed E-state index contributed by atoms with van der Waals surface area (Å²) in [7, 11) is 0. The third-order valence-electron chi connectivity index (χ3n) is 3.78. The van der Waals surface area contributed by atoms with E-state index in [4.69, 9.17) is 4.74 Å². The van der Waals surface area contributed by atoms with Crippen molar-refractivity contribution in [2.45, 2.75) is 19.9 Å². The molecule has 0 radical (unpaired) electrons. The molecule has 0 spiro atoms. The number of nitrogens with one attached hydrogen (secondary N) is 1. The standard InChI is InChI=1S/C18H19BrN4O2/c1-2-25-18(24)15-11-22-16-5-4-13(19)10-14(16)17(15)21-6-3-8-23-9-7-20-12-23/h4-5,7,9-12H,2-3,6,8H2,1H3,(H,21,22). The topological polar surface area (TPSA) is 69.0 Å². The first-order valence-electron chi connectivity index (χ1n) is 8.14. The number of imidazole rings is 1. The van der Waals surface area contributed by atoms with Crippen molar-refractivity contribution in [3.63, 3.8) is 0 Å². The number of anilines is 1. The van der Waals surface area contributed by atoms with E-state index in [0.29, 0.717) is 12.2 Å². The lowest BCUT2D eigenvalue weighted by atomic mass is 10.1. The van der Waals surface area contributed by atoms with E-state index in [9.17, 15) is 4.79 Å². The van der Waals surface area contributed by atoms with E-state index in [1.807, 2.05) is 29.0 Å². The van der Waals surface area contributed by atoms with Crippen LogP contribution in [0.3, 0.4) is 0 Å². The Balaban J connectivity index is 1.84. The van der Waals surface area contributed by atoms with Crippen molar-refractivity contribution in [1.29, 1.82) is 0 Å². The molecular formula is C18H19BrN4O2.